The van der Waals surface area contributed by atoms with Gasteiger partial charge in [-0.15, -0.1) is 5.10 Å². The van der Waals surface area contributed by atoms with Gasteiger partial charge in [0, 0.05) is 0 Å². The Morgan fingerprint density at radius 3 is 2.73 bits per heavy atom. The molecule has 0 aliphatic rings. The SMILES string of the molecule is CC(C)(C)ON(C=O)CCn1[c]nnn1. The summed E-state index contributed by atoms with van der Waals surface area (Å²) >= 11 is 0. The van der Waals surface area contributed by atoms with Gasteiger partial charge in [-0.25, -0.2) is 9.75 Å². The lowest BCUT2D eigenvalue weighted by Crippen LogP contribution is -2.35. The van der Waals surface area contributed by atoms with Gasteiger partial charge in [0.25, 0.3) is 0 Å². The molecule has 1 aromatic heterocycles. The minimum Gasteiger partial charge on any atom is -0.276 e. The Morgan fingerprint density at radius 1 is 1.53 bits per heavy atom. The predicted octanol–water partition coefficient (Wildman–Crippen LogP) is -0.338. The van der Waals surface area contributed by atoms with Gasteiger partial charge in [-0.1, -0.05) is 0 Å². The molecule has 0 N–H and O–H groups in total. The van der Waals surface area contributed by atoms with Crippen LogP contribution in [0.2, 0.25) is 0 Å². The average molecular weight is 212 g/mol. The van der Waals surface area contributed by atoms with Gasteiger partial charge < -0.3 is 0 Å². The normalized spacial score (nSPS) is 11.4. The Labute approximate surface area is 88.0 Å². The molecule has 1 heterocycles. The van der Waals surface area contributed by atoms with E-state index in [0.29, 0.717) is 19.5 Å². The highest BCUT2D eigenvalue weighted by molar-refractivity contribution is 5.44. The van der Waals surface area contributed by atoms with Crippen LogP contribution in [0.25, 0.3) is 0 Å². The zero-order valence-electron chi connectivity index (χ0n) is 9.04. The molecule has 0 saturated carbocycles. The van der Waals surface area contributed by atoms with E-state index in [4.69, 9.17) is 4.84 Å². The molecule has 0 aromatic carbocycles. The first-order valence-corrected chi connectivity index (χ1v) is 4.56. The lowest BCUT2D eigenvalue weighted by molar-refractivity contribution is -0.216. The third-order valence-corrected chi connectivity index (χ3v) is 1.39. The Balaban J connectivity index is 2.38. The van der Waals surface area contributed by atoms with E-state index < -0.39 is 5.60 Å². The summed E-state index contributed by atoms with van der Waals surface area (Å²) in [6, 6.07) is 0. The summed E-state index contributed by atoms with van der Waals surface area (Å²) < 4.78 is 1.41. The van der Waals surface area contributed by atoms with E-state index in [1.54, 1.807) is 0 Å². The van der Waals surface area contributed by atoms with Crippen molar-refractivity contribution in [2.45, 2.75) is 32.9 Å². The van der Waals surface area contributed by atoms with Crippen molar-refractivity contribution in [3.05, 3.63) is 6.33 Å². The molecule has 1 aromatic rings. The van der Waals surface area contributed by atoms with E-state index in [1.807, 2.05) is 20.8 Å². The van der Waals surface area contributed by atoms with E-state index in [-0.39, 0.29) is 0 Å². The van der Waals surface area contributed by atoms with Gasteiger partial charge in [0.15, 0.2) is 0 Å². The van der Waals surface area contributed by atoms with E-state index in [1.165, 1.54) is 9.75 Å². The van der Waals surface area contributed by atoms with E-state index in [2.05, 4.69) is 21.9 Å². The number of amides is 1. The molecule has 0 bridgehead atoms. The largest absolute Gasteiger partial charge is 0.276 e. The molecule has 1 amide bonds. The molecule has 83 valence electrons. The summed E-state index contributed by atoms with van der Waals surface area (Å²) in [6.45, 7) is 6.43. The predicted molar refractivity (Wildman–Crippen MR) is 50.3 cm³/mol. The monoisotopic (exact) mass is 212 g/mol. The van der Waals surface area contributed by atoms with Crippen LogP contribution in [0.1, 0.15) is 20.8 Å². The fourth-order valence-corrected chi connectivity index (χ4v) is 0.920. The van der Waals surface area contributed by atoms with Crippen molar-refractivity contribution in [3.63, 3.8) is 0 Å². The number of tetrazole rings is 1. The van der Waals surface area contributed by atoms with Gasteiger partial charge in [-0.3, -0.25) is 9.63 Å². The highest BCUT2D eigenvalue weighted by Crippen LogP contribution is 2.08. The number of aromatic nitrogens is 4. The van der Waals surface area contributed by atoms with Gasteiger partial charge in [0.1, 0.15) is 0 Å². The Bertz CT molecular complexity index is 292. The zero-order chi connectivity index (χ0) is 11.3. The quantitative estimate of drug-likeness (QED) is 0.493. The highest BCUT2D eigenvalue weighted by Gasteiger charge is 2.15. The highest BCUT2D eigenvalue weighted by atomic mass is 16.7. The van der Waals surface area contributed by atoms with Crippen molar-refractivity contribution in [2.75, 3.05) is 6.54 Å². The van der Waals surface area contributed by atoms with Crippen molar-refractivity contribution >= 4 is 6.41 Å². The second-order valence-corrected chi connectivity index (χ2v) is 3.95. The van der Waals surface area contributed by atoms with E-state index in [0.717, 1.165) is 0 Å². The molecule has 0 spiro atoms. The third kappa shape index (κ3) is 4.50. The molecule has 0 fully saturated rings. The fraction of sp³-hybridized carbons (Fsp3) is 0.750. The number of hydroxylamine groups is 2. The molecular weight excluding hydrogens is 198 g/mol. The van der Waals surface area contributed by atoms with Crippen LogP contribution in [-0.2, 0) is 16.2 Å². The molecule has 15 heavy (non-hydrogen) atoms. The Kier molecular flexibility index (Phi) is 3.73. The Morgan fingerprint density at radius 2 is 2.27 bits per heavy atom. The zero-order valence-corrected chi connectivity index (χ0v) is 9.04. The smallest absolute Gasteiger partial charge is 0.233 e. The molecule has 0 unspecified atom stereocenters. The lowest BCUT2D eigenvalue weighted by atomic mass is 10.2. The van der Waals surface area contributed by atoms with E-state index in [9.17, 15) is 4.79 Å². The maximum Gasteiger partial charge on any atom is 0.233 e. The average Bonchev–Trinajstić information content (AvgIpc) is 2.62. The van der Waals surface area contributed by atoms with Crippen molar-refractivity contribution in [3.8, 4) is 0 Å². The molecule has 7 heteroatoms. The van der Waals surface area contributed by atoms with Crippen molar-refractivity contribution < 1.29 is 9.63 Å². The van der Waals surface area contributed by atoms with Crippen LogP contribution in [0, 0.1) is 6.33 Å². The van der Waals surface area contributed by atoms with Gasteiger partial charge in [-0.05, 0) is 31.2 Å². The second-order valence-electron chi connectivity index (χ2n) is 3.95. The number of hydrogen-bond acceptors (Lipinski definition) is 5. The van der Waals surface area contributed by atoms with Crippen LogP contribution in [-0.4, -0.2) is 43.8 Å². The van der Waals surface area contributed by atoms with Crippen molar-refractivity contribution in [1.82, 2.24) is 25.3 Å². The molecule has 0 atom stereocenters. The minimum atomic E-state index is -0.398. The van der Waals surface area contributed by atoms with Crippen LogP contribution >= 0.6 is 0 Å². The summed E-state index contributed by atoms with van der Waals surface area (Å²) in [5.41, 5.74) is -0.398. The van der Waals surface area contributed by atoms with Gasteiger partial charge in [0.05, 0.1) is 18.7 Å². The topological polar surface area (TPSA) is 73.1 Å². The van der Waals surface area contributed by atoms with Gasteiger partial charge in [-0.2, -0.15) is 0 Å². The van der Waals surface area contributed by atoms with Crippen LogP contribution in [0.15, 0.2) is 0 Å². The molecular formula is C8H14N5O2. The van der Waals surface area contributed by atoms with Crippen LogP contribution in [0.5, 0.6) is 0 Å². The van der Waals surface area contributed by atoms with Crippen LogP contribution in [0.3, 0.4) is 0 Å². The first-order valence-electron chi connectivity index (χ1n) is 4.56. The van der Waals surface area contributed by atoms with Crippen LogP contribution < -0.4 is 0 Å². The first kappa shape index (κ1) is 11.6. The maximum absolute atomic E-state index is 10.7. The fourth-order valence-electron chi connectivity index (χ4n) is 0.920. The summed E-state index contributed by atoms with van der Waals surface area (Å²) in [5, 5.41) is 11.6. The first-order chi connectivity index (χ1) is 7.01. The summed E-state index contributed by atoms with van der Waals surface area (Å²) in [4.78, 5) is 16.0. The standard InChI is InChI=1S/C8H14N5O2/c1-8(2,3)15-13(7-14)5-4-12-6-9-10-11-12/h7H,4-5H2,1-3H3. The van der Waals surface area contributed by atoms with Gasteiger partial charge in [0.2, 0.25) is 12.7 Å². The number of rotatable bonds is 5. The summed E-state index contributed by atoms with van der Waals surface area (Å²) in [6.07, 6.45) is 3.16. The molecule has 1 rings (SSSR count). The number of carbonyl (C=O) groups excluding carboxylic acids is 1. The maximum atomic E-state index is 10.7. The Hall–Kier alpha value is -1.50. The second kappa shape index (κ2) is 4.83. The third-order valence-electron chi connectivity index (χ3n) is 1.39. The number of nitrogens with zero attached hydrogens (tertiary/aromatic N) is 5. The summed E-state index contributed by atoms with van der Waals surface area (Å²) in [5.74, 6) is 0. The number of carbonyl (C=O) groups is 1. The molecule has 0 saturated heterocycles. The van der Waals surface area contributed by atoms with E-state index >= 15 is 0 Å². The molecule has 0 aliphatic heterocycles. The lowest BCUT2D eigenvalue weighted by Gasteiger charge is -2.26. The van der Waals surface area contributed by atoms with Crippen molar-refractivity contribution in [1.29, 1.82) is 0 Å². The summed E-state index contributed by atoms with van der Waals surface area (Å²) in [7, 11) is 0. The minimum absolute atomic E-state index is 0.377. The molecule has 0 aliphatic carbocycles. The molecule has 7 nitrogen and oxygen atoms in total. The van der Waals surface area contributed by atoms with Gasteiger partial charge >= 0.3 is 0 Å². The molecule has 1 radical (unpaired) electrons. The van der Waals surface area contributed by atoms with Crippen LogP contribution in [0.4, 0.5) is 0 Å². The number of hydrogen-bond donors (Lipinski definition) is 0. The van der Waals surface area contributed by atoms with Crippen molar-refractivity contribution in [2.24, 2.45) is 0 Å².